The molecule has 8 nitrogen and oxygen atoms in total. The molecule has 25 heavy (non-hydrogen) atoms. The van der Waals surface area contributed by atoms with Crippen molar-refractivity contribution in [2.24, 2.45) is 7.05 Å². The van der Waals surface area contributed by atoms with E-state index in [2.05, 4.69) is 15.3 Å². The van der Waals surface area contributed by atoms with E-state index >= 15 is 0 Å². The summed E-state index contributed by atoms with van der Waals surface area (Å²) in [7, 11) is 5.66. The number of rotatable bonds is 5. The van der Waals surface area contributed by atoms with E-state index in [1.807, 2.05) is 49.3 Å². The third-order valence-corrected chi connectivity index (χ3v) is 4.51. The lowest BCUT2D eigenvalue weighted by Crippen LogP contribution is -2.45. The monoisotopic (exact) mass is 344 g/mol. The van der Waals surface area contributed by atoms with Crippen LogP contribution < -0.4 is 15.1 Å². The second kappa shape index (κ2) is 6.72. The van der Waals surface area contributed by atoms with Gasteiger partial charge >= 0.3 is 0 Å². The number of hydrogen-bond acceptors (Lipinski definition) is 6. The molecule has 0 bridgehead atoms. The number of anilines is 2. The van der Waals surface area contributed by atoms with Gasteiger partial charge in [-0.3, -0.25) is 4.79 Å². The molecule has 0 spiro atoms. The van der Waals surface area contributed by atoms with Crippen LogP contribution in [0.15, 0.2) is 30.7 Å². The molecular formula is C17H24N6O2. The maximum Gasteiger partial charge on any atom is 0.267 e. The van der Waals surface area contributed by atoms with Crippen LogP contribution in [0.2, 0.25) is 0 Å². The molecule has 0 saturated carbocycles. The number of aryl methyl sites for hydroxylation is 1. The minimum Gasteiger partial charge on any atom is -0.386 e. The van der Waals surface area contributed by atoms with Crippen LogP contribution in [0.5, 0.6) is 0 Å². The zero-order valence-corrected chi connectivity index (χ0v) is 14.8. The van der Waals surface area contributed by atoms with Gasteiger partial charge in [-0.1, -0.05) is 0 Å². The van der Waals surface area contributed by atoms with Gasteiger partial charge in [0.2, 0.25) is 0 Å². The molecule has 0 radical (unpaired) electrons. The van der Waals surface area contributed by atoms with Crippen molar-refractivity contribution in [3.05, 3.63) is 36.4 Å². The van der Waals surface area contributed by atoms with Crippen molar-refractivity contribution in [2.45, 2.75) is 12.0 Å². The zero-order valence-electron chi connectivity index (χ0n) is 14.8. The largest absolute Gasteiger partial charge is 0.386 e. The molecule has 1 saturated heterocycles. The fraction of sp³-hybridized carbons (Fsp3) is 0.471. The first kappa shape index (κ1) is 17.2. The molecule has 3 heterocycles. The third kappa shape index (κ3) is 3.74. The molecule has 3 rings (SSSR count). The van der Waals surface area contributed by atoms with Crippen molar-refractivity contribution in [1.82, 2.24) is 19.9 Å². The number of aliphatic hydroxyl groups is 1. The average Bonchev–Trinajstić information content (AvgIpc) is 3.19. The summed E-state index contributed by atoms with van der Waals surface area (Å²) in [6.45, 7) is 1.31. The molecule has 0 aliphatic carbocycles. The highest BCUT2D eigenvalue weighted by molar-refractivity contribution is 5.92. The number of nitrogens with zero attached hydrogens (tertiary/aromatic N) is 5. The molecular weight excluding hydrogens is 320 g/mol. The number of amides is 1. The van der Waals surface area contributed by atoms with Gasteiger partial charge < -0.3 is 24.8 Å². The standard InChI is InChI=1S/C17H24N6O2/c1-21(2)14-9-15(20-12-19-14)23-8-6-17(25,11-23)10-18-16(24)13-5-4-7-22(13)3/h4-5,7,9,12,25H,6,8,10-11H2,1-3H3,(H,18,24). The summed E-state index contributed by atoms with van der Waals surface area (Å²) in [5, 5.41) is 13.6. The number of carbonyl (C=O) groups is 1. The van der Waals surface area contributed by atoms with E-state index in [-0.39, 0.29) is 12.5 Å². The minimum absolute atomic E-state index is 0.184. The van der Waals surface area contributed by atoms with Crippen molar-refractivity contribution in [3.8, 4) is 0 Å². The first-order valence-corrected chi connectivity index (χ1v) is 8.24. The van der Waals surface area contributed by atoms with Crippen molar-refractivity contribution < 1.29 is 9.90 Å². The Bertz CT molecular complexity index is 759. The molecule has 1 atom stereocenters. The Morgan fingerprint density at radius 2 is 2.24 bits per heavy atom. The SMILES string of the molecule is CN(C)c1cc(N2CCC(O)(CNC(=O)c3cccn3C)C2)ncn1. The zero-order chi connectivity index (χ0) is 18.0. The van der Waals surface area contributed by atoms with Gasteiger partial charge in [0, 0.05) is 53.0 Å². The number of aromatic nitrogens is 3. The predicted molar refractivity (Wildman–Crippen MR) is 95.9 cm³/mol. The molecule has 2 aromatic heterocycles. The molecule has 2 aromatic rings. The highest BCUT2D eigenvalue weighted by Gasteiger charge is 2.37. The summed E-state index contributed by atoms with van der Waals surface area (Å²) < 4.78 is 1.75. The third-order valence-electron chi connectivity index (χ3n) is 4.51. The molecule has 1 aliphatic rings. The Balaban J connectivity index is 1.62. The van der Waals surface area contributed by atoms with Crippen molar-refractivity contribution in [3.63, 3.8) is 0 Å². The summed E-state index contributed by atoms with van der Waals surface area (Å²) in [5.41, 5.74) is -0.394. The molecule has 1 amide bonds. The molecule has 1 aliphatic heterocycles. The Labute approximate surface area is 147 Å². The molecule has 8 heteroatoms. The highest BCUT2D eigenvalue weighted by Crippen LogP contribution is 2.26. The van der Waals surface area contributed by atoms with E-state index in [0.717, 1.165) is 11.6 Å². The first-order valence-electron chi connectivity index (χ1n) is 8.24. The highest BCUT2D eigenvalue weighted by atomic mass is 16.3. The summed E-state index contributed by atoms with van der Waals surface area (Å²) >= 11 is 0. The van der Waals surface area contributed by atoms with E-state index in [1.165, 1.54) is 6.33 Å². The molecule has 2 N–H and O–H groups in total. The van der Waals surface area contributed by atoms with Gasteiger partial charge in [-0.2, -0.15) is 0 Å². The van der Waals surface area contributed by atoms with Crippen molar-refractivity contribution in [1.29, 1.82) is 0 Å². The number of nitrogens with one attached hydrogen (secondary N) is 1. The smallest absolute Gasteiger partial charge is 0.267 e. The van der Waals surface area contributed by atoms with Crippen LogP contribution in [-0.2, 0) is 7.05 Å². The van der Waals surface area contributed by atoms with Gasteiger partial charge in [0.25, 0.3) is 5.91 Å². The van der Waals surface area contributed by atoms with E-state index in [4.69, 9.17) is 0 Å². The van der Waals surface area contributed by atoms with Crippen LogP contribution in [0.1, 0.15) is 16.9 Å². The number of hydrogen-bond donors (Lipinski definition) is 2. The Kier molecular flexibility index (Phi) is 4.63. The molecule has 1 fully saturated rings. The van der Waals surface area contributed by atoms with Crippen LogP contribution in [0.25, 0.3) is 0 Å². The summed E-state index contributed by atoms with van der Waals surface area (Å²) in [6, 6.07) is 5.47. The van der Waals surface area contributed by atoms with E-state index < -0.39 is 5.60 Å². The van der Waals surface area contributed by atoms with Gasteiger partial charge in [-0.05, 0) is 18.6 Å². The average molecular weight is 344 g/mol. The maximum absolute atomic E-state index is 12.2. The Hall–Kier alpha value is -2.61. The second-order valence-corrected chi connectivity index (χ2v) is 6.71. The van der Waals surface area contributed by atoms with Crippen molar-refractivity contribution >= 4 is 17.5 Å². The lowest BCUT2D eigenvalue weighted by molar-refractivity contribution is 0.0573. The second-order valence-electron chi connectivity index (χ2n) is 6.71. The van der Waals surface area contributed by atoms with Gasteiger partial charge in [0.1, 0.15) is 29.3 Å². The summed E-state index contributed by atoms with van der Waals surface area (Å²) in [5.74, 6) is 1.41. The van der Waals surface area contributed by atoms with Crippen LogP contribution in [-0.4, -0.2) is 64.9 Å². The quantitative estimate of drug-likeness (QED) is 0.809. The molecule has 1 unspecified atom stereocenters. The predicted octanol–water partition coefficient (Wildman–Crippen LogP) is 0.252. The Morgan fingerprint density at radius 3 is 2.92 bits per heavy atom. The topological polar surface area (TPSA) is 86.5 Å². The van der Waals surface area contributed by atoms with E-state index in [0.29, 0.717) is 25.2 Å². The fourth-order valence-corrected chi connectivity index (χ4v) is 2.98. The van der Waals surface area contributed by atoms with Gasteiger partial charge in [0.05, 0.1) is 0 Å². The van der Waals surface area contributed by atoms with Gasteiger partial charge in [-0.15, -0.1) is 0 Å². The van der Waals surface area contributed by atoms with Gasteiger partial charge in [0.15, 0.2) is 0 Å². The summed E-state index contributed by atoms with van der Waals surface area (Å²) in [6.07, 6.45) is 3.92. The van der Waals surface area contributed by atoms with E-state index in [9.17, 15) is 9.90 Å². The van der Waals surface area contributed by atoms with Crippen LogP contribution in [0, 0.1) is 0 Å². The fourth-order valence-electron chi connectivity index (χ4n) is 2.98. The van der Waals surface area contributed by atoms with Crippen LogP contribution in [0.4, 0.5) is 11.6 Å². The normalized spacial score (nSPS) is 19.9. The lowest BCUT2D eigenvalue weighted by Gasteiger charge is -2.24. The lowest BCUT2D eigenvalue weighted by atomic mass is 10.0. The number of carbonyl (C=O) groups excluding carboxylic acids is 1. The van der Waals surface area contributed by atoms with Gasteiger partial charge in [-0.25, -0.2) is 9.97 Å². The van der Waals surface area contributed by atoms with Crippen molar-refractivity contribution in [2.75, 3.05) is 43.5 Å². The molecule has 134 valence electrons. The molecule has 0 aromatic carbocycles. The minimum atomic E-state index is -0.968. The first-order chi connectivity index (χ1) is 11.9. The number of β-amino-alcohol motifs (C(OH)–C–C–N with tert-alkyl or cyclic N) is 1. The summed E-state index contributed by atoms with van der Waals surface area (Å²) in [4.78, 5) is 24.7. The Morgan fingerprint density at radius 1 is 1.44 bits per heavy atom. The van der Waals surface area contributed by atoms with E-state index in [1.54, 1.807) is 10.6 Å². The maximum atomic E-state index is 12.2. The van der Waals surface area contributed by atoms with Crippen LogP contribution in [0.3, 0.4) is 0 Å². The van der Waals surface area contributed by atoms with Crippen LogP contribution >= 0.6 is 0 Å².